The highest BCUT2D eigenvalue weighted by Gasteiger charge is 2.14. The topological polar surface area (TPSA) is 69.7 Å². The first-order chi connectivity index (χ1) is 7.90. The Morgan fingerprint density at radius 2 is 1.65 bits per heavy atom. The van der Waals surface area contributed by atoms with E-state index in [-0.39, 0.29) is 17.1 Å². The van der Waals surface area contributed by atoms with Crippen LogP contribution in [0.5, 0.6) is 11.5 Å². The Balaban J connectivity index is 3.12. The summed E-state index contributed by atoms with van der Waals surface area (Å²) >= 11 is 5.33. The van der Waals surface area contributed by atoms with Gasteiger partial charge >= 0.3 is 11.9 Å². The molecule has 0 N–H and O–H groups in total. The lowest BCUT2D eigenvalue weighted by molar-refractivity contribution is -0.133. The van der Waals surface area contributed by atoms with Crippen molar-refractivity contribution in [2.45, 2.75) is 13.8 Å². The Hall–Kier alpha value is -1.88. The van der Waals surface area contributed by atoms with Crippen LogP contribution in [0, 0.1) is 0 Å². The lowest BCUT2D eigenvalue weighted by atomic mass is 10.2. The van der Waals surface area contributed by atoms with Crippen LogP contribution >= 0.6 is 11.6 Å². The third-order valence-electron chi connectivity index (χ3n) is 1.68. The number of esters is 2. The highest BCUT2D eigenvalue weighted by Crippen LogP contribution is 2.26. The van der Waals surface area contributed by atoms with Crippen molar-refractivity contribution < 1.29 is 23.9 Å². The van der Waals surface area contributed by atoms with Crippen LogP contribution in [0.25, 0.3) is 0 Å². The monoisotopic (exact) mass is 256 g/mol. The van der Waals surface area contributed by atoms with E-state index >= 15 is 0 Å². The molecule has 0 spiro atoms. The van der Waals surface area contributed by atoms with Crippen LogP contribution in [0.1, 0.15) is 24.2 Å². The average molecular weight is 257 g/mol. The molecule has 6 heteroatoms. The summed E-state index contributed by atoms with van der Waals surface area (Å²) < 4.78 is 9.56. The molecule has 5 nitrogen and oxygen atoms in total. The third kappa shape index (κ3) is 3.88. The molecule has 17 heavy (non-hydrogen) atoms. The van der Waals surface area contributed by atoms with Gasteiger partial charge in [-0.2, -0.15) is 0 Å². The number of hydrogen-bond donors (Lipinski definition) is 0. The molecule has 0 unspecified atom stereocenters. The van der Waals surface area contributed by atoms with Gasteiger partial charge in [-0.1, -0.05) is 0 Å². The lowest BCUT2D eigenvalue weighted by Crippen LogP contribution is -2.07. The Morgan fingerprint density at radius 1 is 1.06 bits per heavy atom. The lowest BCUT2D eigenvalue weighted by Gasteiger charge is -2.07. The maximum Gasteiger partial charge on any atom is 0.308 e. The van der Waals surface area contributed by atoms with Crippen molar-refractivity contribution in [3.05, 3.63) is 23.8 Å². The first kappa shape index (κ1) is 13.2. The first-order valence-electron chi connectivity index (χ1n) is 4.61. The molecule has 90 valence electrons. The number of hydrogen-bond acceptors (Lipinski definition) is 5. The maximum atomic E-state index is 11.1. The summed E-state index contributed by atoms with van der Waals surface area (Å²) in [5.74, 6) is -0.937. The number of rotatable bonds is 3. The minimum atomic E-state index is -0.810. The molecule has 0 heterocycles. The molecule has 0 radical (unpaired) electrons. The zero-order chi connectivity index (χ0) is 13.0. The van der Waals surface area contributed by atoms with Gasteiger partial charge < -0.3 is 9.47 Å². The summed E-state index contributed by atoms with van der Waals surface area (Å²) in [6.07, 6.45) is 0. The molecule has 0 saturated carbocycles. The van der Waals surface area contributed by atoms with E-state index in [4.69, 9.17) is 21.1 Å². The van der Waals surface area contributed by atoms with Crippen LogP contribution in [-0.2, 0) is 9.59 Å². The van der Waals surface area contributed by atoms with Crippen molar-refractivity contribution in [1.82, 2.24) is 0 Å². The summed E-state index contributed by atoms with van der Waals surface area (Å²) in [6, 6.07) is 3.95. The molecular formula is C11H9ClO5. The quantitative estimate of drug-likeness (QED) is 0.469. The largest absolute Gasteiger partial charge is 0.427 e. The molecule has 1 aromatic carbocycles. The fourth-order valence-electron chi connectivity index (χ4n) is 1.14. The second-order valence-corrected chi connectivity index (χ2v) is 3.46. The zero-order valence-corrected chi connectivity index (χ0v) is 9.91. The van der Waals surface area contributed by atoms with Gasteiger partial charge in [0.2, 0.25) is 0 Å². The summed E-state index contributed by atoms with van der Waals surface area (Å²) in [5.41, 5.74) is -0.0411. The number of ether oxygens (including phenoxy) is 2. The van der Waals surface area contributed by atoms with Crippen molar-refractivity contribution in [2.24, 2.45) is 0 Å². The van der Waals surface area contributed by atoms with E-state index < -0.39 is 17.2 Å². The molecule has 1 rings (SSSR count). The summed E-state index contributed by atoms with van der Waals surface area (Å²) in [5, 5.41) is -0.810. The normalized spacial score (nSPS) is 9.59. The molecule has 0 atom stereocenters. The molecule has 0 fully saturated rings. The number of benzene rings is 1. The van der Waals surface area contributed by atoms with Gasteiger partial charge in [-0.25, -0.2) is 0 Å². The van der Waals surface area contributed by atoms with E-state index in [9.17, 15) is 14.4 Å². The van der Waals surface area contributed by atoms with Gasteiger partial charge in [0.1, 0.15) is 11.5 Å². The highest BCUT2D eigenvalue weighted by atomic mass is 35.5. The van der Waals surface area contributed by atoms with Crippen molar-refractivity contribution in [3.63, 3.8) is 0 Å². The van der Waals surface area contributed by atoms with Gasteiger partial charge in [-0.05, 0) is 29.8 Å². The summed E-state index contributed by atoms with van der Waals surface area (Å²) in [4.78, 5) is 32.6. The van der Waals surface area contributed by atoms with Gasteiger partial charge in [0, 0.05) is 13.8 Å². The van der Waals surface area contributed by atoms with Crippen LogP contribution in [0.4, 0.5) is 0 Å². The van der Waals surface area contributed by atoms with E-state index in [0.29, 0.717) is 0 Å². The smallest absolute Gasteiger partial charge is 0.308 e. The Bertz CT molecular complexity index is 481. The first-order valence-corrected chi connectivity index (χ1v) is 4.98. The van der Waals surface area contributed by atoms with Crippen molar-refractivity contribution in [2.75, 3.05) is 0 Å². The predicted octanol–water partition coefficient (Wildman–Crippen LogP) is 1.92. The van der Waals surface area contributed by atoms with Crippen molar-refractivity contribution >= 4 is 28.8 Å². The third-order valence-corrected chi connectivity index (χ3v) is 1.88. The molecule has 0 aliphatic carbocycles. The van der Waals surface area contributed by atoms with Crippen LogP contribution < -0.4 is 9.47 Å². The SMILES string of the molecule is CC(=O)Oc1ccc(OC(C)=O)c(C(=O)Cl)c1. The van der Waals surface area contributed by atoms with Crippen molar-refractivity contribution in [1.29, 1.82) is 0 Å². The van der Waals surface area contributed by atoms with Crippen molar-refractivity contribution in [3.8, 4) is 11.5 Å². The highest BCUT2D eigenvalue weighted by molar-refractivity contribution is 6.68. The van der Waals surface area contributed by atoms with Gasteiger partial charge in [0.15, 0.2) is 0 Å². The molecule has 0 aromatic heterocycles. The molecule has 0 amide bonds. The predicted molar refractivity (Wildman–Crippen MR) is 59.2 cm³/mol. The van der Waals surface area contributed by atoms with E-state index in [1.54, 1.807) is 0 Å². The fourth-order valence-corrected chi connectivity index (χ4v) is 1.28. The van der Waals surface area contributed by atoms with Gasteiger partial charge in [-0.15, -0.1) is 0 Å². The van der Waals surface area contributed by atoms with Gasteiger partial charge in [0.05, 0.1) is 5.56 Å². The van der Waals surface area contributed by atoms with Crippen LogP contribution in [0.2, 0.25) is 0 Å². The average Bonchev–Trinajstić information content (AvgIpc) is 2.18. The Morgan fingerprint density at radius 3 is 2.12 bits per heavy atom. The minimum absolute atomic E-state index is 0.0217. The maximum absolute atomic E-state index is 11.1. The standard InChI is InChI=1S/C11H9ClO5/c1-6(13)16-8-3-4-10(17-7(2)14)9(5-8)11(12)15/h3-5H,1-2H3. The van der Waals surface area contributed by atoms with Crippen LogP contribution in [0.3, 0.4) is 0 Å². The molecule has 0 saturated heterocycles. The van der Waals surface area contributed by atoms with Crippen LogP contribution in [-0.4, -0.2) is 17.2 Å². The van der Waals surface area contributed by atoms with E-state index in [2.05, 4.69) is 0 Å². The van der Waals surface area contributed by atoms with Gasteiger partial charge in [0.25, 0.3) is 5.24 Å². The Labute approximate surface area is 102 Å². The number of carbonyl (C=O) groups is 3. The number of halogens is 1. The molecule has 0 aliphatic heterocycles. The zero-order valence-electron chi connectivity index (χ0n) is 9.15. The molecule has 0 aliphatic rings. The number of carbonyl (C=O) groups excluding carboxylic acids is 3. The molecule has 0 bridgehead atoms. The summed E-state index contributed by atoms with van der Waals surface area (Å²) in [6.45, 7) is 2.42. The second-order valence-electron chi connectivity index (χ2n) is 3.12. The molecule has 1 aromatic rings. The molecular weight excluding hydrogens is 248 g/mol. The minimum Gasteiger partial charge on any atom is -0.427 e. The van der Waals surface area contributed by atoms with Crippen LogP contribution in [0.15, 0.2) is 18.2 Å². The fraction of sp³-hybridized carbons (Fsp3) is 0.182. The van der Waals surface area contributed by atoms with E-state index in [0.717, 1.165) is 0 Å². The van der Waals surface area contributed by atoms with E-state index in [1.165, 1.54) is 32.0 Å². The Kier molecular flexibility index (Phi) is 4.23. The van der Waals surface area contributed by atoms with Gasteiger partial charge in [-0.3, -0.25) is 14.4 Å². The van der Waals surface area contributed by atoms with E-state index in [1.807, 2.05) is 0 Å². The summed E-state index contributed by atoms with van der Waals surface area (Å²) in [7, 11) is 0. The second kappa shape index (κ2) is 5.45.